The molecule has 0 aliphatic heterocycles. The van der Waals surface area contributed by atoms with Crippen LogP contribution in [-0.4, -0.2) is 33.1 Å². The maximum absolute atomic E-state index is 11.5. The molecule has 0 fully saturated rings. The number of pyridine rings is 1. The Hall–Kier alpha value is -4.46. The topological polar surface area (TPSA) is 106 Å². The van der Waals surface area contributed by atoms with Crippen molar-refractivity contribution in [2.75, 3.05) is 12.4 Å². The number of nitrogens with one attached hydrogen (secondary N) is 1. The molecule has 34 heavy (non-hydrogen) atoms. The van der Waals surface area contributed by atoms with Crippen molar-refractivity contribution in [3.8, 4) is 17.5 Å². The number of nitrogens with zero attached hydrogens (tertiary/aromatic N) is 3. The fourth-order valence-electron chi connectivity index (χ4n) is 3.46. The zero-order valence-electron chi connectivity index (χ0n) is 18.6. The number of hydrogen-bond donors (Lipinski definition) is 2. The molecule has 4 aromatic rings. The van der Waals surface area contributed by atoms with Gasteiger partial charge in [-0.3, -0.25) is 4.79 Å². The summed E-state index contributed by atoms with van der Waals surface area (Å²) in [5, 5.41) is 12.7. The van der Waals surface area contributed by atoms with Gasteiger partial charge in [0.05, 0.1) is 19.2 Å². The van der Waals surface area contributed by atoms with Crippen molar-refractivity contribution in [3.05, 3.63) is 102 Å². The Morgan fingerprint density at radius 3 is 2.56 bits per heavy atom. The molecule has 0 bridgehead atoms. The Kier molecular flexibility index (Phi) is 7.29. The first-order chi connectivity index (χ1) is 16.6. The van der Waals surface area contributed by atoms with Gasteiger partial charge in [0.2, 0.25) is 0 Å². The second-order valence-corrected chi connectivity index (χ2v) is 7.51. The van der Waals surface area contributed by atoms with Gasteiger partial charge in [0.25, 0.3) is 0 Å². The van der Waals surface area contributed by atoms with Gasteiger partial charge in [-0.2, -0.15) is 4.98 Å². The summed E-state index contributed by atoms with van der Waals surface area (Å²) in [6.45, 7) is 0.626. The lowest BCUT2D eigenvalue weighted by molar-refractivity contribution is -0.137. The standard InChI is InChI=1S/C26H24N4O4/c1-33-21-6-4-5-19(15-21)22(16-25(31)32)23-12-14-28-26(30-23)34-20-10-8-18(9-11-20)17-29-24-7-2-3-13-27-24/h2-15,22H,16-17H2,1H3,(H,27,29)(H,31,32). The van der Waals surface area contributed by atoms with E-state index in [1.165, 1.54) is 0 Å². The fourth-order valence-corrected chi connectivity index (χ4v) is 3.46. The van der Waals surface area contributed by atoms with Gasteiger partial charge in [-0.1, -0.05) is 30.3 Å². The SMILES string of the molecule is COc1cccc(C(CC(=O)O)c2ccnc(Oc3ccc(CNc4ccccn4)cc3)n2)c1. The Labute approximate surface area is 197 Å². The number of aromatic nitrogens is 3. The van der Waals surface area contributed by atoms with Crippen LogP contribution in [0.3, 0.4) is 0 Å². The third-order valence-corrected chi connectivity index (χ3v) is 5.16. The first-order valence-electron chi connectivity index (χ1n) is 10.7. The molecule has 0 saturated heterocycles. The Bertz CT molecular complexity index is 1230. The van der Waals surface area contributed by atoms with Crippen LogP contribution in [0.4, 0.5) is 5.82 Å². The predicted molar refractivity (Wildman–Crippen MR) is 127 cm³/mol. The number of benzene rings is 2. The van der Waals surface area contributed by atoms with E-state index in [2.05, 4.69) is 20.3 Å². The highest BCUT2D eigenvalue weighted by Crippen LogP contribution is 2.30. The van der Waals surface area contributed by atoms with Crippen molar-refractivity contribution < 1.29 is 19.4 Å². The maximum Gasteiger partial charge on any atom is 0.322 e. The molecule has 0 amide bonds. The molecule has 2 aromatic carbocycles. The first-order valence-corrected chi connectivity index (χ1v) is 10.7. The van der Waals surface area contributed by atoms with E-state index in [4.69, 9.17) is 9.47 Å². The lowest BCUT2D eigenvalue weighted by Gasteiger charge is -2.16. The van der Waals surface area contributed by atoms with E-state index in [-0.39, 0.29) is 12.4 Å². The van der Waals surface area contributed by atoms with Gasteiger partial charge < -0.3 is 19.9 Å². The van der Waals surface area contributed by atoms with E-state index in [9.17, 15) is 9.90 Å². The molecule has 0 spiro atoms. The first kappa shape index (κ1) is 22.7. The second kappa shape index (κ2) is 10.9. The van der Waals surface area contributed by atoms with Gasteiger partial charge in [-0.15, -0.1) is 0 Å². The van der Waals surface area contributed by atoms with Crippen molar-refractivity contribution in [2.45, 2.75) is 18.9 Å². The van der Waals surface area contributed by atoms with Crippen LogP contribution in [0, 0.1) is 0 Å². The predicted octanol–water partition coefficient (Wildman–Crippen LogP) is 4.89. The van der Waals surface area contributed by atoms with Crippen LogP contribution < -0.4 is 14.8 Å². The number of carboxylic acid groups (broad SMARTS) is 1. The van der Waals surface area contributed by atoms with Crippen LogP contribution in [0.2, 0.25) is 0 Å². The van der Waals surface area contributed by atoms with E-state index in [0.717, 1.165) is 16.9 Å². The van der Waals surface area contributed by atoms with Gasteiger partial charge in [0, 0.05) is 24.9 Å². The lowest BCUT2D eigenvalue weighted by Crippen LogP contribution is -2.10. The minimum absolute atomic E-state index is 0.123. The highest BCUT2D eigenvalue weighted by molar-refractivity contribution is 5.69. The Balaban J connectivity index is 1.48. The molecule has 0 aliphatic carbocycles. The Morgan fingerprint density at radius 1 is 0.971 bits per heavy atom. The molecule has 8 heteroatoms. The van der Waals surface area contributed by atoms with E-state index < -0.39 is 11.9 Å². The van der Waals surface area contributed by atoms with Gasteiger partial charge >= 0.3 is 12.0 Å². The van der Waals surface area contributed by atoms with Crippen LogP contribution in [0.15, 0.2) is 85.2 Å². The molecule has 1 atom stereocenters. The third-order valence-electron chi connectivity index (χ3n) is 5.16. The number of methoxy groups -OCH3 is 1. The molecular formula is C26H24N4O4. The summed E-state index contributed by atoms with van der Waals surface area (Å²) in [7, 11) is 1.57. The molecule has 0 saturated carbocycles. The number of anilines is 1. The zero-order chi connectivity index (χ0) is 23.8. The largest absolute Gasteiger partial charge is 0.497 e. The van der Waals surface area contributed by atoms with Gasteiger partial charge in [0.1, 0.15) is 17.3 Å². The summed E-state index contributed by atoms with van der Waals surface area (Å²) in [6, 6.07) is 22.4. The number of carboxylic acids is 1. The highest BCUT2D eigenvalue weighted by Gasteiger charge is 2.21. The molecule has 4 rings (SSSR count). The van der Waals surface area contributed by atoms with Crippen molar-refractivity contribution in [2.24, 2.45) is 0 Å². The van der Waals surface area contributed by atoms with Crippen molar-refractivity contribution >= 4 is 11.8 Å². The normalized spacial score (nSPS) is 11.4. The minimum Gasteiger partial charge on any atom is -0.497 e. The van der Waals surface area contributed by atoms with Crippen LogP contribution >= 0.6 is 0 Å². The summed E-state index contributed by atoms with van der Waals surface area (Å²) in [6.07, 6.45) is 3.18. The smallest absolute Gasteiger partial charge is 0.322 e. The van der Waals surface area contributed by atoms with Crippen LogP contribution in [0.1, 0.15) is 29.2 Å². The molecule has 2 heterocycles. The van der Waals surface area contributed by atoms with Gasteiger partial charge in [-0.25, -0.2) is 9.97 Å². The monoisotopic (exact) mass is 456 g/mol. The third kappa shape index (κ3) is 6.07. The van der Waals surface area contributed by atoms with Crippen molar-refractivity contribution in [3.63, 3.8) is 0 Å². The molecule has 1 unspecified atom stereocenters. The summed E-state index contributed by atoms with van der Waals surface area (Å²) in [5.74, 6) is 0.632. The molecular weight excluding hydrogens is 432 g/mol. The number of ether oxygens (including phenoxy) is 2. The Morgan fingerprint density at radius 2 is 1.82 bits per heavy atom. The number of rotatable bonds is 10. The molecule has 0 radical (unpaired) electrons. The number of aliphatic carboxylic acids is 1. The maximum atomic E-state index is 11.5. The van der Waals surface area contributed by atoms with Crippen LogP contribution in [-0.2, 0) is 11.3 Å². The van der Waals surface area contributed by atoms with Crippen molar-refractivity contribution in [1.29, 1.82) is 0 Å². The molecule has 0 aliphatic rings. The number of hydrogen-bond acceptors (Lipinski definition) is 7. The minimum atomic E-state index is -0.927. The summed E-state index contributed by atoms with van der Waals surface area (Å²) in [4.78, 5) is 24.5. The fraction of sp³-hybridized carbons (Fsp3) is 0.154. The van der Waals surface area contributed by atoms with Crippen molar-refractivity contribution in [1.82, 2.24) is 15.0 Å². The average Bonchev–Trinajstić information content (AvgIpc) is 2.87. The highest BCUT2D eigenvalue weighted by atomic mass is 16.5. The van der Waals surface area contributed by atoms with Crippen LogP contribution in [0.5, 0.6) is 17.5 Å². The summed E-state index contributed by atoms with van der Waals surface area (Å²) < 4.78 is 11.1. The summed E-state index contributed by atoms with van der Waals surface area (Å²) in [5.41, 5.74) is 2.40. The number of carbonyl (C=O) groups is 1. The van der Waals surface area contributed by atoms with Gasteiger partial charge in [-0.05, 0) is 53.6 Å². The molecule has 172 valence electrons. The second-order valence-electron chi connectivity index (χ2n) is 7.51. The average molecular weight is 457 g/mol. The molecule has 8 nitrogen and oxygen atoms in total. The lowest BCUT2D eigenvalue weighted by atomic mass is 9.92. The van der Waals surface area contributed by atoms with E-state index in [0.29, 0.717) is 23.7 Å². The van der Waals surface area contributed by atoms with E-state index in [1.807, 2.05) is 66.7 Å². The van der Waals surface area contributed by atoms with E-state index >= 15 is 0 Å². The van der Waals surface area contributed by atoms with E-state index in [1.54, 1.807) is 25.6 Å². The van der Waals surface area contributed by atoms with Crippen LogP contribution in [0.25, 0.3) is 0 Å². The quantitative estimate of drug-likeness (QED) is 0.347. The van der Waals surface area contributed by atoms with Gasteiger partial charge in [0.15, 0.2) is 0 Å². The zero-order valence-corrected chi connectivity index (χ0v) is 18.6. The molecule has 2 N–H and O–H groups in total. The summed E-state index contributed by atoms with van der Waals surface area (Å²) >= 11 is 0. The molecule has 2 aromatic heterocycles.